The fraction of sp³-hybridized carbons (Fsp3) is 0. The summed E-state index contributed by atoms with van der Waals surface area (Å²) >= 11 is 1.88. The Morgan fingerprint density at radius 2 is 0.534 bits per heavy atom. The van der Waals surface area contributed by atoms with Crippen LogP contribution in [0.2, 0.25) is 0 Å². The van der Waals surface area contributed by atoms with Gasteiger partial charge in [-0.3, -0.25) is 0 Å². The molecule has 0 unspecified atom stereocenters. The van der Waals surface area contributed by atoms with Gasteiger partial charge < -0.3 is 4.57 Å². The van der Waals surface area contributed by atoms with Crippen molar-refractivity contribution in [1.29, 1.82) is 0 Å². The van der Waals surface area contributed by atoms with Gasteiger partial charge >= 0.3 is 0 Å². The van der Waals surface area contributed by atoms with E-state index in [0.717, 1.165) is 5.69 Å². The first-order chi connectivity index (χ1) is 51.0. The number of thiophene rings is 1. The van der Waals surface area contributed by atoms with E-state index in [1.165, 1.54) is 195 Å². The lowest BCUT2D eigenvalue weighted by Crippen LogP contribution is -2.72. The van der Waals surface area contributed by atoms with Crippen molar-refractivity contribution in [2.24, 2.45) is 0 Å². The fourth-order valence-corrected chi connectivity index (χ4v) is 23.7. The van der Waals surface area contributed by atoms with Gasteiger partial charge in [-0.05, 0) is 220 Å². The number of nitrogens with zero attached hydrogens (tertiary/aromatic N) is 1. The molecule has 0 spiro atoms. The Labute approximate surface area is 602 Å². The summed E-state index contributed by atoms with van der Waals surface area (Å²) in [5.74, 6) is 0. The van der Waals surface area contributed by atoms with Gasteiger partial charge in [0, 0.05) is 36.6 Å². The van der Waals surface area contributed by atoms with Gasteiger partial charge in [-0.25, -0.2) is 0 Å². The molecule has 0 saturated heterocycles. The second-order valence-electron chi connectivity index (χ2n) is 27.8. The highest BCUT2D eigenvalue weighted by Gasteiger charge is 2.49. The third-order valence-electron chi connectivity index (χ3n) is 22.3. The van der Waals surface area contributed by atoms with E-state index in [1.807, 2.05) is 11.3 Å². The lowest BCUT2D eigenvalue weighted by molar-refractivity contribution is 1.18. The van der Waals surface area contributed by atoms with Crippen LogP contribution in [0.15, 0.2) is 382 Å². The monoisotopic (exact) mass is 1340 g/mol. The maximum absolute atomic E-state index is 3.01. The van der Waals surface area contributed by atoms with Crippen LogP contribution < -0.4 is 20.7 Å². The van der Waals surface area contributed by atoms with Gasteiger partial charge in [0.15, 0.2) is 8.07 Å². The van der Waals surface area contributed by atoms with Gasteiger partial charge in [-0.15, -0.1) is 11.3 Å². The Hall–Kier alpha value is -12.8. The minimum atomic E-state index is -3.01. The van der Waals surface area contributed by atoms with Crippen molar-refractivity contribution >= 4 is 125 Å². The number of fused-ring (bicyclic) bond motifs is 15. The molecule has 0 aliphatic carbocycles. The van der Waals surface area contributed by atoms with Gasteiger partial charge in [-0.1, -0.05) is 315 Å². The van der Waals surface area contributed by atoms with Crippen molar-refractivity contribution in [3.8, 4) is 94.7 Å². The largest absolute Gasteiger partial charge is 0.309 e. The van der Waals surface area contributed by atoms with Crippen molar-refractivity contribution in [3.05, 3.63) is 382 Å². The van der Waals surface area contributed by atoms with E-state index in [2.05, 4.69) is 387 Å². The van der Waals surface area contributed by atoms with Crippen molar-refractivity contribution < 1.29 is 0 Å². The van der Waals surface area contributed by atoms with Crippen molar-refractivity contribution in [3.63, 3.8) is 0 Å². The maximum atomic E-state index is 2.58. The molecule has 0 N–H and O–H groups in total. The Bertz CT molecular complexity index is 6500. The van der Waals surface area contributed by atoms with Gasteiger partial charge in [0.25, 0.3) is 0 Å². The first-order valence-electron chi connectivity index (χ1n) is 35.7. The van der Waals surface area contributed by atoms with Crippen LogP contribution >= 0.6 is 11.3 Å². The predicted octanol–water partition coefficient (Wildman–Crippen LogP) is 24.8. The van der Waals surface area contributed by atoms with Gasteiger partial charge in [-0.2, -0.15) is 0 Å². The van der Waals surface area contributed by atoms with Crippen molar-refractivity contribution in [2.75, 3.05) is 0 Å². The number of rotatable bonds is 10. The molecule has 478 valence electrons. The van der Waals surface area contributed by atoms with Crippen LogP contribution in [0, 0.1) is 0 Å². The van der Waals surface area contributed by atoms with Gasteiger partial charge in [0.05, 0.1) is 11.0 Å². The highest BCUT2D eigenvalue weighted by molar-refractivity contribution is 7.26. The molecule has 1 nitrogen and oxygen atoms in total. The summed E-state index contributed by atoms with van der Waals surface area (Å²) in [6.07, 6.45) is 0. The normalized spacial score (nSPS) is 12.5. The molecule has 1 aliphatic heterocycles. The molecule has 18 aromatic carbocycles. The average Bonchev–Trinajstić information content (AvgIpc) is 1.54. The smallest absolute Gasteiger partial charge is 0.180 e. The maximum Gasteiger partial charge on any atom is 0.180 e. The third-order valence-corrected chi connectivity index (χ3v) is 28.3. The summed E-state index contributed by atoms with van der Waals surface area (Å²) in [6, 6.07) is 144. The van der Waals surface area contributed by atoms with Crippen LogP contribution in [0.1, 0.15) is 0 Å². The second-order valence-corrected chi connectivity index (χ2v) is 32.6. The minimum Gasteiger partial charge on any atom is -0.309 e. The zero-order valence-electron chi connectivity index (χ0n) is 56.2. The molecule has 0 bridgehead atoms. The van der Waals surface area contributed by atoms with E-state index >= 15 is 0 Å². The fourth-order valence-electron chi connectivity index (χ4n) is 17.3. The molecule has 21 rings (SSSR count). The number of hydrogen-bond donors (Lipinski definition) is 0. The molecule has 0 atom stereocenters. The topological polar surface area (TPSA) is 4.93 Å². The summed E-state index contributed by atoms with van der Waals surface area (Å²) < 4.78 is 5.19. The summed E-state index contributed by atoms with van der Waals surface area (Å²) in [5.41, 5.74) is 23.0. The molecule has 3 heterocycles. The molecule has 103 heavy (non-hydrogen) atoms. The molecule has 0 fully saturated rings. The number of benzene rings is 18. The lowest BCUT2D eigenvalue weighted by Gasteiger charge is -2.32. The molecule has 3 heteroatoms. The predicted molar refractivity (Wildman–Crippen MR) is 444 cm³/mol. The standard InChI is InChI=1S/C100H63NSSi/c1-3-19-79(20-4-1)103(80-21-5-2-6-22-80)99-62-75(74-50-56-98-94(59-74)87-29-15-16-30-97(87)102-98)47-52-88(99)89-53-51-78(63-100(89)103)101-95-54-48-72(68-35-31-64(32-36-68)66-39-43-70(44-40-66)90-60-76-17-7-9-23-81(76)83-25-11-13-27-85(83)90)57-92(95)93-58-73(49-55-96(93)101)69-37-33-65(34-38-69)67-41-45-71(46-42-67)91-61-77-18-8-10-24-82(77)84-26-12-14-28-86(84)91/h1-63H. The van der Waals surface area contributed by atoms with Crippen molar-refractivity contribution in [2.45, 2.75) is 0 Å². The Balaban J connectivity index is 0.682. The lowest BCUT2D eigenvalue weighted by atomic mass is 9.92. The zero-order valence-corrected chi connectivity index (χ0v) is 58.0. The molecular weight excluding hydrogens is 1280 g/mol. The van der Waals surface area contributed by atoms with E-state index in [1.54, 1.807) is 0 Å². The Morgan fingerprint density at radius 1 is 0.194 bits per heavy atom. The van der Waals surface area contributed by atoms with Crippen LogP contribution in [0.25, 0.3) is 180 Å². The molecule has 0 saturated carbocycles. The summed E-state index contributed by atoms with van der Waals surface area (Å²) in [5, 5.41) is 20.8. The Morgan fingerprint density at radius 3 is 1.04 bits per heavy atom. The molecule has 0 radical (unpaired) electrons. The quantitative estimate of drug-likeness (QED) is 0.0950. The third kappa shape index (κ3) is 9.51. The van der Waals surface area contributed by atoms with Crippen LogP contribution in [-0.2, 0) is 0 Å². The van der Waals surface area contributed by atoms with Crippen LogP contribution in [0.4, 0.5) is 0 Å². The van der Waals surface area contributed by atoms with Crippen LogP contribution in [-0.4, -0.2) is 12.6 Å². The average molecular weight is 1340 g/mol. The van der Waals surface area contributed by atoms with Gasteiger partial charge in [0.1, 0.15) is 0 Å². The van der Waals surface area contributed by atoms with Crippen LogP contribution in [0.3, 0.4) is 0 Å². The number of hydrogen-bond acceptors (Lipinski definition) is 1. The first-order valence-corrected chi connectivity index (χ1v) is 38.5. The van der Waals surface area contributed by atoms with E-state index in [4.69, 9.17) is 0 Å². The molecule has 1 aliphatic rings. The highest BCUT2D eigenvalue weighted by atomic mass is 32.1. The van der Waals surface area contributed by atoms with Crippen LogP contribution in [0.5, 0.6) is 0 Å². The highest BCUT2D eigenvalue weighted by Crippen LogP contribution is 2.44. The van der Waals surface area contributed by atoms with E-state index in [-0.39, 0.29) is 0 Å². The minimum absolute atomic E-state index is 1.15. The molecule has 0 amide bonds. The summed E-state index contributed by atoms with van der Waals surface area (Å²) in [7, 11) is -3.01. The van der Waals surface area contributed by atoms with E-state index in [9.17, 15) is 0 Å². The Kier molecular flexibility index (Phi) is 13.6. The summed E-state index contributed by atoms with van der Waals surface area (Å²) in [6.45, 7) is 0. The van der Waals surface area contributed by atoms with E-state index < -0.39 is 8.07 Å². The second kappa shape index (κ2) is 23.7. The van der Waals surface area contributed by atoms with E-state index in [0.29, 0.717) is 0 Å². The number of aromatic nitrogens is 1. The SMILES string of the molecule is c1ccc([Si]2(c3ccccc3)c3cc(-c4ccc5sc6ccccc6c5c4)ccc3-c3ccc(-n4c5ccc(-c6ccc(-c7ccc(-c8cc9ccccc9c9ccccc89)cc7)cc6)cc5c5cc(-c6ccc(-c7ccc(-c8cc9ccccc9c9ccccc89)cc7)cc6)ccc54)cc32)cc1. The zero-order chi connectivity index (χ0) is 67.7. The van der Waals surface area contributed by atoms with Gasteiger partial charge in [0.2, 0.25) is 0 Å². The molecular formula is C100H63NSSi. The molecule has 2 aromatic heterocycles. The van der Waals surface area contributed by atoms with Crippen molar-refractivity contribution in [1.82, 2.24) is 4.57 Å². The first kappa shape index (κ1) is 59.1. The summed E-state index contributed by atoms with van der Waals surface area (Å²) in [4.78, 5) is 0. The molecule has 20 aromatic rings.